The molecule has 0 saturated carbocycles. The number of thiophene rings is 1. The van der Waals surface area contributed by atoms with Gasteiger partial charge in [0.2, 0.25) is 0 Å². The van der Waals surface area contributed by atoms with Crippen LogP contribution in [-0.2, 0) is 4.74 Å². The minimum Gasteiger partial charge on any atom is -0.369 e. The smallest absolute Gasteiger partial charge is 0.0681 e. The Balaban J connectivity index is 2.32. The van der Waals surface area contributed by atoms with E-state index in [9.17, 15) is 0 Å². The third kappa shape index (κ3) is 2.67. The Hall–Kier alpha value is 0.1000. The van der Waals surface area contributed by atoms with Crippen LogP contribution in [0.15, 0.2) is 15.9 Å². The molecule has 0 bridgehead atoms. The van der Waals surface area contributed by atoms with E-state index < -0.39 is 0 Å². The summed E-state index contributed by atoms with van der Waals surface area (Å²) in [6.45, 7) is 8.78. The molecule has 1 aromatic rings. The van der Waals surface area contributed by atoms with Crippen molar-refractivity contribution in [3.8, 4) is 0 Å². The molecule has 2 unspecified atom stereocenters. The summed E-state index contributed by atoms with van der Waals surface area (Å²) in [5.41, 5.74) is -0.131. The predicted molar refractivity (Wildman–Crippen MR) is 81.2 cm³/mol. The van der Waals surface area contributed by atoms with Crippen molar-refractivity contribution in [2.24, 2.45) is 5.92 Å². The minimum atomic E-state index is -0.0966. The molecule has 102 valence electrons. The monoisotopic (exact) mass is 331 g/mol. The fourth-order valence-electron chi connectivity index (χ4n) is 3.17. The second-order valence-electron chi connectivity index (χ2n) is 6.17. The number of ether oxygens (including phenoxy) is 1. The Morgan fingerprint density at radius 3 is 2.50 bits per heavy atom. The highest BCUT2D eigenvalue weighted by molar-refractivity contribution is 9.10. The average molecular weight is 332 g/mol. The molecular formula is C14H22BrNOS. The summed E-state index contributed by atoms with van der Waals surface area (Å²) in [6, 6.07) is 2.47. The molecule has 1 aromatic heterocycles. The van der Waals surface area contributed by atoms with Crippen LogP contribution in [0.2, 0.25) is 0 Å². The number of hydrogen-bond donors (Lipinski definition) is 1. The van der Waals surface area contributed by atoms with Crippen LogP contribution in [0.3, 0.4) is 0 Å². The first-order valence-corrected chi connectivity index (χ1v) is 8.04. The van der Waals surface area contributed by atoms with Gasteiger partial charge in [-0.05, 0) is 68.5 Å². The molecule has 0 amide bonds. The largest absolute Gasteiger partial charge is 0.369 e. The first-order valence-electron chi connectivity index (χ1n) is 6.37. The molecule has 1 N–H and O–H groups in total. The molecule has 2 atom stereocenters. The second-order valence-corrected chi connectivity index (χ2v) is 7.98. The van der Waals surface area contributed by atoms with Crippen LogP contribution in [0, 0.1) is 5.92 Å². The summed E-state index contributed by atoms with van der Waals surface area (Å²) in [5, 5.41) is 5.62. The second kappa shape index (κ2) is 4.89. The summed E-state index contributed by atoms with van der Waals surface area (Å²) < 4.78 is 7.42. The first-order chi connectivity index (χ1) is 8.27. The van der Waals surface area contributed by atoms with Crippen LogP contribution in [0.4, 0.5) is 0 Å². The summed E-state index contributed by atoms with van der Waals surface area (Å²) in [7, 11) is 2.04. The van der Waals surface area contributed by atoms with Crippen molar-refractivity contribution < 1.29 is 4.74 Å². The fourth-order valence-corrected chi connectivity index (χ4v) is 4.96. The summed E-state index contributed by atoms with van der Waals surface area (Å²) in [6.07, 6.45) is 1.08. The maximum absolute atomic E-state index is 6.22. The lowest BCUT2D eigenvalue weighted by atomic mass is 9.81. The molecule has 18 heavy (non-hydrogen) atoms. The van der Waals surface area contributed by atoms with Crippen LogP contribution < -0.4 is 5.32 Å². The number of nitrogens with one attached hydrogen (secondary N) is 1. The van der Waals surface area contributed by atoms with Crippen molar-refractivity contribution >= 4 is 27.3 Å². The Morgan fingerprint density at radius 2 is 2.11 bits per heavy atom. The van der Waals surface area contributed by atoms with Gasteiger partial charge in [-0.3, -0.25) is 0 Å². The Labute approximate surface area is 122 Å². The lowest BCUT2D eigenvalue weighted by Crippen LogP contribution is -2.37. The van der Waals surface area contributed by atoms with E-state index in [0.717, 1.165) is 6.42 Å². The van der Waals surface area contributed by atoms with Crippen LogP contribution in [-0.4, -0.2) is 18.2 Å². The van der Waals surface area contributed by atoms with E-state index in [1.54, 1.807) is 11.3 Å². The van der Waals surface area contributed by atoms with Crippen molar-refractivity contribution in [3.05, 3.63) is 20.8 Å². The van der Waals surface area contributed by atoms with Crippen molar-refractivity contribution in [3.63, 3.8) is 0 Å². The van der Waals surface area contributed by atoms with E-state index >= 15 is 0 Å². The summed E-state index contributed by atoms with van der Waals surface area (Å²) in [5.74, 6) is 0.479. The average Bonchev–Trinajstić information content (AvgIpc) is 2.71. The predicted octanol–water partition coefficient (Wildman–Crippen LogP) is 4.36. The third-order valence-corrected chi connectivity index (χ3v) is 5.74. The first kappa shape index (κ1) is 14.5. The van der Waals surface area contributed by atoms with E-state index in [-0.39, 0.29) is 11.2 Å². The van der Waals surface area contributed by atoms with Gasteiger partial charge in [0.05, 0.1) is 11.2 Å². The van der Waals surface area contributed by atoms with Crippen LogP contribution in [0.25, 0.3) is 0 Å². The van der Waals surface area contributed by atoms with E-state index in [4.69, 9.17) is 4.74 Å². The number of hydrogen-bond acceptors (Lipinski definition) is 3. The Bertz CT molecular complexity index is 427. The van der Waals surface area contributed by atoms with E-state index in [1.807, 2.05) is 7.05 Å². The molecule has 2 rings (SSSR count). The van der Waals surface area contributed by atoms with Crippen LogP contribution >= 0.6 is 27.3 Å². The lowest BCUT2D eigenvalue weighted by molar-refractivity contribution is -0.0775. The summed E-state index contributed by atoms with van der Waals surface area (Å²) in [4.78, 5) is 1.37. The molecule has 1 fully saturated rings. The zero-order valence-corrected chi connectivity index (χ0v) is 14.1. The standard InChI is InChI=1S/C14H22BrNOS/c1-13(2)8-9(14(3,4)17-13)11(16-5)12-10(15)6-7-18-12/h6-7,9,11,16H,8H2,1-5H3. The molecule has 1 aliphatic heterocycles. The SMILES string of the molecule is CNC(c1sccc1Br)C1CC(C)(C)OC1(C)C. The van der Waals surface area contributed by atoms with Crippen molar-refractivity contribution in [1.29, 1.82) is 0 Å². The molecule has 1 saturated heterocycles. The third-order valence-electron chi connectivity index (χ3n) is 3.78. The highest BCUT2D eigenvalue weighted by atomic mass is 79.9. The highest BCUT2D eigenvalue weighted by Crippen LogP contribution is 2.49. The van der Waals surface area contributed by atoms with Gasteiger partial charge >= 0.3 is 0 Å². The zero-order valence-electron chi connectivity index (χ0n) is 11.7. The van der Waals surface area contributed by atoms with Crippen molar-refractivity contribution in [2.45, 2.75) is 51.4 Å². The molecule has 0 aromatic carbocycles. The molecular weight excluding hydrogens is 310 g/mol. The van der Waals surface area contributed by atoms with Gasteiger partial charge in [0.15, 0.2) is 0 Å². The van der Waals surface area contributed by atoms with Gasteiger partial charge < -0.3 is 10.1 Å². The van der Waals surface area contributed by atoms with E-state index in [2.05, 4.69) is 60.4 Å². The van der Waals surface area contributed by atoms with Gasteiger partial charge in [-0.2, -0.15) is 0 Å². The minimum absolute atomic E-state index is 0.0347. The number of rotatable bonds is 3. The molecule has 0 radical (unpaired) electrons. The summed E-state index contributed by atoms with van der Waals surface area (Å²) >= 11 is 5.46. The van der Waals surface area contributed by atoms with E-state index in [0.29, 0.717) is 12.0 Å². The van der Waals surface area contributed by atoms with Gasteiger partial charge in [-0.15, -0.1) is 11.3 Å². The molecule has 1 aliphatic rings. The maximum Gasteiger partial charge on any atom is 0.0681 e. The Morgan fingerprint density at radius 1 is 1.44 bits per heavy atom. The van der Waals surface area contributed by atoms with Crippen LogP contribution in [0.1, 0.15) is 45.0 Å². The van der Waals surface area contributed by atoms with Gasteiger partial charge in [0.25, 0.3) is 0 Å². The molecule has 0 aliphatic carbocycles. The lowest BCUT2D eigenvalue weighted by Gasteiger charge is -2.32. The van der Waals surface area contributed by atoms with Crippen molar-refractivity contribution in [2.75, 3.05) is 7.05 Å². The maximum atomic E-state index is 6.22. The van der Waals surface area contributed by atoms with Gasteiger partial charge in [0.1, 0.15) is 0 Å². The van der Waals surface area contributed by atoms with Gasteiger partial charge in [-0.25, -0.2) is 0 Å². The molecule has 4 heteroatoms. The van der Waals surface area contributed by atoms with Gasteiger partial charge in [0, 0.05) is 21.3 Å². The van der Waals surface area contributed by atoms with Gasteiger partial charge in [-0.1, -0.05) is 0 Å². The zero-order chi connectivity index (χ0) is 13.6. The molecule has 0 spiro atoms. The number of halogens is 1. The fraction of sp³-hybridized carbons (Fsp3) is 0.714. The van der Waals surface area contributed by atoms with Crippen molar-refractivity contribution in [1.82, 2.24) is 5.32 Å². The highest BCUT2D eigenvalue weighted by Gasteiger charge is 2.49. The topological polar surface area (TPSA) is 21.3 Å². The quantitative estimate of drug-likeness (QED) is 0.888. The molecule has 2 heterocycles. The Kier molecular flexibility index (Phi) is 3.94. The van der Waals surface area contributed by atoms with Crippen LogP contribution in [0.5, 0.6) is 0 Å². The molecule has 2 nitrogen and oxygen atoms in total. The van der Waals surface area contributed by atoms with E-state index in [1.165, 1.54) is 9.35 Å². The normalized spacial score (nSPS) is 27.3.